The zero-order chi connectivity index (χ0) is 15.7. The molecule has 116 valence electrons. The van der Waals surface area contributed by atoms with Gasteiger partial charge < -0.3 is 20.5 Å². The van der Waals surface area contributed by atoms with E-state index >= 15 is 0 Å². The second-order valence-electron chi connectivity index (χ2n) is 4.74. The van der Waals surface area contributed by atoms with Crippen molar-refractivity contribution in [3.05, 3.63) is 36.4 Å². The molecule has 0 bridgehead atoms. The number of rotatable bonds is 9. The average molecular weight is 292 g/mol. The van der Waals surface area contributed by atoms with Crippen molar-refractivity contribution in [2.75, 3.05) is 19.8 Å². The minimum atomic E-state index is -0.201. The van der Waals surface area contributed by atoms with Crippen molar-refractivity contribution < 1.29 is 14.3 Å². The maximum absolute atomic E-state index is 11.6. The summed E-state index contributed by atoms with van der Waals surface area (Å²) in [6.07, 6.45) is 2.28. The predicted octanol–water partition coefficient (Wildman–Crippen LogP) is 1.66. The van der Waals surface area contributed by atoms with Crippen LogP contribution in [0.2, 0.25) is 0 Å². The Bertz CT molecular complexity index is 473. The highest BCUT2D eigenvalue weighted by atomic mass is 16.5. The lowest BCUT2D eigenvalue weighted by Gasteiger charge is -2.16. The number of nitrogens with one attached hydrogen (secondary N) is 1. The lowest BCUT2D eigenvalue weighted by atomic mass is 10.1. The van der Waals surface area contributed by atoms with Crippen LogP contribution in [0.1, 0.15) is 19.4 Å². The molecule has 0 aliphatic rings. The number of carbonyl (C=O) groups excluding carboxylic acids is 1. The van der Waals surface area contributed by atoms with E-state index in [0.717, 1.165) is 5.56 Å². The summed E-state index contributed by atoms with van der Waals surface area (Å²) in [6.45, 7) is 8.25. The van der Waals surface area contributed by atoms with Gasteiger partial charge in [-0.25, -0.2) is 0 Å². The molecule has 1 aromatic carbocycles. The van der Waals surface area contributed by atoms with E-state index in [0.29, 0.717) is 31.1 Å². The molecular weight excluding hydrogens is 268 g/mol. The van der Waals surface area contributed by atoms with Gasteiger partial charge in [0.2, 0.25) is 0 Å². The molecule has 0 aromatic heterocycles. The molecule has 0 radical (unpaired) electrons. The highest BCUT2D eigenvalue weighted by Crippen LogP contribution is 2.32. The maximum atomic E-state index is 11.6. The van der Waals surface area contributed by atoms with E-state index in [4.69, 9.17) is 15.2 Å². The standard InChI is InChI=1S/C16H24N2O3/c1-4-9-18-15(19)11-21-16-13(10-12(3)17)7-6-8-14(16)20-5-2/h4,6-8,12H,1,5,9-11,17H2,2-3H3,(H,18,19). The number of carbonyl (C=O) groups is 1. The van der Waals surface area contributed by atoms with E-state index in [1.165, 1.54) is 0 Å². The van der Waals surface area contributed by atoms with Crippen molar-refractivity contribution in [1.82, 2.24) is 5.32 Å². The molecule has 0 heterocycles. The third kappa shape index (κ3) is 5.87. The quantitative estimate of drug-likeness (QED) is 0.679. The first-order valence-corrected chi connectivity index (χ1v) is 7.09. The molecule has 1 rings (SSSR count). The molecule has 0 saturated heterocycles. The Morgan fingerprint density at radius 2 is 2.24 bits per heavy atom. The molecule has 5 nitrogen and oxygen atoms in total. The largest absolute Gasteiger partial charge is 0.490 e. The van der Waals surface area contributed by atoms with Crippen molar-refractivity contribution in [2.45, 2.75) is 26.3 Å². The van der Waals surface area contributed by atoms with E-state index in [-0.39, 0.29) is 18.6 Å². The monoisotopic (exact) mass is 292 g/mol. The molecule has 1 aromatic rings. The van der Waals surface area contributed by atoms with Crippen molar-refractivity contribution in [3.8, 4) is 11.5 Å². The van der Waals surface area contributed by atoms with Gasteiger partial charge in [-0.15, -0.1) is 6.58 Å². The highest BCUT2D eigenvalue weighted by molar-refractivity contribution is 5.77. The van der Waals surface area contributed by atoms with Crippen LogP contribution in [0.5, 0.6) is 11.5 Å². The molecule has 1 atom stereocenters. The molecule has 0 fully saturated rings. The van der Waals surface area contributed by atoms with Crippen LogP contribution in [0.25, 0.3) is 0 Å². The van der Waals surface area contributed by atoms with Gasteiger partial charge in [-0.3, -0.25) is 4.79 Å². The third-order valence-electron chi connectivity index (χ3n) is 2.69. The molecule has 0 saturated carbocycles. The van der Waals surface area contributed by atoms with Gasteiger partial charge in [0, 0.05) is 12.6 Å². The molecule has 0 aliphatic carbocycles. The number of nitrogens with two attached hydrogens (primary N) is 1. The van der Waals surface area contributed by atoms with Gasteiger partial charge in [-0.2, -0.15) is 0 Å². The van der Waals surface area contributed by atoms with Crippen LogP contribution in [0.15, 0.2) is 30.9 Å². The first kappa shape index (κ1) is 17.0. The van der Waals surface area contributed by atoms with Crippen molar-refractivity contribution in [2.24, 2.45) is 5.73 Å². The van der Waals surface area contributed by atoms with Gasteiger partial charge in [0.25, 0.3) is 5.91 Å². The Morgan fingerprint density at radius 3 is 2.86 bits per heavy atom. The fourth-order valence-corrected chi connectivity index (χ4v) is 1.88. The summed E-state index contributed by atoms with van der Waals surface area (Å²) in [6, 6.07) is 5.65. The Kier molecular flexibility index (Phi) is 7.32. The van der Waals surface area contributed by atoms with Gasteiger partial charge in [-0.05, 0) is 31.9 Å². The second kappa shape index (κ2) is 9.02. The summed E-state index contributed by atoms with van der Waals surface area (Å²) in [5, 5.41) is 2.67. The van der Waals surface area contributed by atoms with E-state index in [1.54, 1.807) is 6.08 Å². The lowest BCUT2D eigenvalue weighted by Crippen LogP contribution is -2.29. The number of benzene rings is 1. The Morgan fingerprint density at radius 1 is 1.48 bits per heavy atom. The topological polar surface area (TPSA) is 73.6 Å². The summed E-state index contributed by atoms with van der Waals surface area (Å²) in [7, 11) is 0. The van der Waals surface area contributed by atoms with Crippen molar-refractivity contribution >= 4 is 5.91 Å². The molecule has 0 aliphatic heterocycles. The second-order valence-corrected chi connectivity index (χ2v) is 4.74. The van der Waals surface area contributed by atoms with Gasteiger partial charge >= 0.3 is 0 Å². The van der Waals surface area contributed by atoms with Crippen LogP contribution in [-0.4, -0.2) is 31.7 Å². The maximum Gasteiger partial charge on any atom is 0.258 e. The van der Waals surface area contributed by atoms with Gasteiger partial charge in [0.05, 0.1) is 6.61 Å². The fraction of sp³-hybridized carbons (Fsp3) is 0.438. The fourth-order valence-electron chi connectivity index (χ4n) is 1.88. The molecular formula is C16H24N2O3. The Balaban J connectivity index is 2.84. The zero-order valence-electron chi connectivity index (χ0n) is 12.7. The number of hydrogen-bond donors (Lipinski definition) is 2. The average Bonchev–Trinajstić information content (AvgIpc) is 2.44. The van der Waals surface area contributed by atoms with E-state index in [1.807, 2.05) is 32.0 Å². The normalized spacial score (nSPS) is 11.6. The smallest absolute Gasteiger partial charge is 0.258 e. The van der Waals surface area contributed by atoms with Gasteiger partial charge in [0.15, 0.2) is 18.1 Å². The van der Waals surface area contributed by atoms with Crippen LogP contribution < -0.4 is 20.5 Å². The Labute approximate surface area is 126 Å². The molecule has 5 heteroatoms. The first-order valence-electron chi connectivity index (χ1n) is 7.09. The van der Waals surface area contributed by atoms with Gasteiger partial charge in [0.1, 0.15) is 0 Å². The Hall–Kier alpha value is -2.01. The summed E-state index contributed by atoms with van der Waals surface area (Å²) in [5.74, 6) is 1.02. The summed E-state index contributed by atoms with van der Waals surface area (Å²) < 4.78 is 11.2. The third-order valence-corrected chi connectivity index (χ3v) is 2.69. The minimum absolute atomic E-state index is 0.00109. The van der Waals surface area contributed by atoms with Crippen LogP contribution in [0.4, 0.5) is 0 Å². The number of para-hydroxylation sites is 1. The number of hydrogen-bond acceptors (Lipinski definition) is 4. The SMILES string of the molecule is C=CCNC(=O)COc1c(CC(C)N)cccc1OCC. The van der Waals surface area contributed by atoms with Crippen LogP contribution in [0.3, 0.4) is 0 Å². The number of ether oxygens (including phenoxy) is 2. The summed E-state index contributed by atoms with van der Waals surface area (Å²) in [5.41, 5.74) is 6.79. The van der Waals surface area contributed by atoms with Crippen molar-refractivity contribution in [1.29, 1.82) is 0 Å². The van der Waals surface area contributed by atoms with Gasteiger partial charge in [-0.1, -0.05) is 18.2 Å². The van der Waals surface area contributed by atoms with E-state index < -0.39 is 0 Å². The summed E-state index contributed by atoms with van der Waals surface area (Å²) in [4.78, 5) is 11.6. The molecule has 0 spiro atoms. The lowest BCUT2D eigenvalue weighted by molar-refractivity contribution is -0.122. The molecule has 3 N–H and O–H groups in total. The van der Waals surface area contributed by atoms with Crippen LogP contribution >= 0.6 is 0 Å². The van der Waals surface area contributed by atoms with Crippen LogP contribution in [0, 0.1) is 0 Å². The summed E-state index contributed by atoms with van der Waals surface area (Å²) >= 11 is 0. The van der Waals surface area contributed by atoms with E-state index in [2.05, 4.69) is 11.9 Å². The minimum Gasteiger partial charge on any atom is -0.490 e. The molecule has 21 heavy (non-hydrogen) atoms. The molecule has 1 amide bonds. The predicted molar refractivity (Wildman–Crippen MR) is 83.7 cm³/mol. The first-order chi connectivity index (χ1) is 10.1. The van der Waals surface area contributed by atoms with Crippen molar-refractivity contribution in [3.63, 3.8) is 0 Å². The number of amides is 1. The van der Waals surface area contributed by atoms with E-state index in [9.17, 15) is 4.79 Å². The highest BCUT2D eigenvalue weighted by Gasteiger charge is 2.14. The van der Waals surface area contributed by atoms with Crippen LogP contribution in [-0.2, 0) is 11.2 Å². The molecule has 1 unspecified atom stereocenters. The zero-order valence-corrected chi connectivity index (χ0v) is 12.7.